The second-order valence-electron chi connectivity index (χ2n) is 5.53. The molecule has 0 radical (unpaired) electrons. The summed E-state index contributed by atoms with van der Waals surface area (Å²) in [6, 6.07) is 3.61. The van der Waals surface area contributed by atoms with Gasteiger partial charge in [0.25, 0.3) is 5.41 Å². The van der Waals surface area contributed by atoms with Crippen molar-refractivity contribution in [3.63, 3.8) is 0 Å². The van der Waals surface area contributed by atoms with E-state index in [1.807, 2.05) is 19.9 Å². The Kier molecular flexibility index (Phi) is 4.90. The fraction of sp³-hybridized carbons (Fsp3) is 0.562. The first kappa shape index (κ1) is 17.3. The molecule has 122 valence electrons. The number of benzene rings is 1. The van der Waals surface area contributed by atoms with Crippen LogP contribution in [0.1, 0.15) is 47.3 Å². The molecule has 22 heavy (non-hydrogen) atoms. The summed E-state index contributed by atoms with van der Waals surface area (Å²) < 4.78 is 38.5. The van der Waals surface area contributed by atoms with Gasteiger partial charge < -0.3 is 9.05 Å². The van der Waals surface area contributed by atoms with Gasteiger partial charge in [-0.2, -0.15) is 0 Å². The van der Waals surface area contributed by atoms with Crippen LogP contribution in [0.2, 0.25) is 0 Å². The second-order valence-corrected chi connectivity index (χ2v) is 7.75. The van der Waals surface area contributed by atoms with Crippen molar-refractivity contribution >= 4 is 13.4 Å². The Labute approximate surface area is 130 Å². The Morgan fingerprint density at radius 3 is 2.36 bits per heavy atom. The molecule has 6 heteroatoms. The fourth-order valence-electron chi connectivity index (χ4n) is 2.99. The van der Waals surface area contributed by atoms with Gasteiger partial charge in [-0.05, 0) is 51.3 Å². The summed E-state index contributed by atoms with van der Waals surface area (Å²) in [6.07, 6.45) is 0.161. The third kappa shape index (κ3) is 2.66. The van der Waals surface area contributed by atoms with Gasteiger partial charge in [-0.25, -0.2) is 4.39 Å². The molecule has 0 aliphatic heterocycles. The van der Waals surface area contributed by atoms with Crippen LogP contribution >= 0.6 is 7.60 Å². The van der Waals surface area contributed by atoms with Crippen molar-refractivity contribution in [3.8, 4) is 0 Å². The van der Waals surface area contributed by atoms with Crippen molar-refractivity contribution < 1.29 is 22.8 Å². The van der Waals surface area contributed by atoms with E-state index in [4.69, 9.17) is 9.05 Å². The summed E-state index contributed by atoms with van der Waals surface area (Å²) in [5.74, 6) is -0.786. The highest BCUT2D eigenvalue weighted by molar-refractivity contribution is 7.56. The molecule has 0 saturated heterocycles. The van der Waals surface area contributed by atoms with E-state index >= 15 is 4.39 Å². The minimum Gasteiger partial charge on any atom is -0.306 e. The highest BCUT2D eigenvalue weighted by Crippen LogP contribution is 2.64. The number of halogens is 1. The molecule has 0 saturated carbocycles. The van der Waals surface area contributed by atoms with Gasteiger partial charge >= 0.3 is 7.60 Å². The van der Waals surface area contributed by atoms with Gasteiger partial charge in [0, 0.05) is 12.0 Å². The molecular formula is C16H22FO4P. The predicted octanol–water partition coefficient (Wildman–Crippen LogP) is 4.36. The second kappa shape index (κ2) is 6.23. The number of hydrogen-bond donors (Lipinski definition) is 0. The summed E-state index contributed by atoms with van der Waals surface area (Å²) in [5.41, 5.74) is 2.94. The molecule has 0 heterocycles. The topological polar surface area (TPSA) is 52.6 Å². The van der Waals surface area contributed by atoms with Crippen molar-refractivity contribution in [2.24, 2.45) is 0 Å². The smallest absolute Gasteiger partial charge is 0.306 e. The fourth-order valence-corrected chi connectivity index (χ4v) is 4.90. The predicted molar refractivity (Wildman–Crippen MR) is 83.3 cm³/mol. The molecule has 0 aromatic heterocycles. The molecule has 1 aromatic carbocycles. The van der Waals surface area contributed by atoms with Crippen molar-refractivity contribution in [2.45, 2.75) is 45.9 Å². The Morgan fingerprint density at radius 1 is 1.23 bits per heavy atom. The van der Waals surface area contributed by atoms with E-state index in [-0.39, 0.29) is 19.6 Å². The first-order valence-corrected chi connectivity index (χ1v) is 9.06. The summed E-state index contributed by atoms with van der Waals surface area (Å²) in [7, 11) is -4.16. The van der Waals surface area contributed by atoms with Gasteiger partial charge in [-0.15, -0.1) is 0 Å². The number of carbonyl (C=O) groups is 1. The van der Waals surface area contributed by atoms with Gasteiger partial charge in [0.15, 0.2) is 0 Å². The van der Waals surface area contributed by atoms with Gasteiger partial charge in [-0.1, -0.05) is 11.6 Å². The molecule has 0 spiro atoms. The molecule has 1 aliphatic rings. The molecule has 4 nitrogen and oxygen atoms in total. The molecule has 0 N–H and O–H groups in total. The highest BCUT2D eigenvalue weighted by Gasteiger charge is 2.59. The molecule has 1 aromatic rings. The Balaban J connectivity index is 2.54. The maximum absolute atomic E-state index is 15.5. The SMILES string of the molecule is CCOP(=O)(OCC)C1(F)CCc2c(C)cc(C)cc2C1=O. The quantitative estimate of drug-likeness (QED) is 0.753. The number of Topliss-reactive ketones (excluding diaryl/α,β-unsaturated/α-hetero) is 1. The Hall–Kier alpha value is -1.03. The maximum Gasteiger partial charge on any atom is 0.375 e. The van der Waals surface area contributed by atoms with Gasteiger partial charge in [0.1, 0.15) is 0 Å². The zero-order valence-corrected chi connectivity index (χ0v) is 14.3. The lowest BCUT2D eigenvalue weighted by Crippen LogP contribution is -2.40. The lowest BCUT2D eigenvalue weighted by Gasteiger charge is -2.35. The number of ketones is 1. The first-order valence-electron chi connectivity index (χ1n) is 7.52. The van der Waals surface area contributed by atoms with Crippen LogP contribution in [0.3, 0.4) is 0 Å². The zero-order valence-electron chi connectivity index (χ0n) is 13.4. The first-order chi connectivity index (χ1) is 10.3. The third-order valence-electron chi connectivity index (χ3n) is 3.95. The average Bonchev–Trinajstić information content (AvgIpc) is 2.43. The van der Waals surface area contributed by atoms with Crippen molar-refractivity contribution in [1.82, 2.24) is 0 Å². The van der Waals surface area contributed by atoms with E-state index in [9.17, 15) is 9.36 Å². The lowest BCUT2D eigenvalue weighted by molar-refractivity contribution is 0.0702. The molecule has 1 atom stereocenters. The van der Waals surface area contributed by atoms with E-state index in [1.165, 1.54) is 0 Å². The average molecular weight is 328 g/mol. The Bertz CT molecular complexity index is 633. The molecule has 1 aliphatic carbocycles. The minimum absolute atomic E-state index is 0.0237. The van der Waals surface area contributed by atoms with E-state index in [0.29, 0.717) is 12.0 Å². The van der Waals surface area contributed by atoms with Crippen LogP contribution in [-0.4, -0.2) is 24.4 Å². The Morgan fingerprint density at radius 2 is 1.82 bits per heavy atom. The zero-order chi connectivity index (χ0) is 16.5. The highest BCUT2D eigenvalue weighted by atomic mass is 31.2. The number of hydrogen-bond acceptors (Lipinski definition) is 4. The standard InChI is InChI=1S/C16H22FO4P/c1-5-20-22(19,21-6-2)16(17)8-7-13-12(4)9-11(3)10-14(13)15(16)18/h9-10H,5-8H2,1-4H3. The van der Waals surface area contributed by atoms with Gasteiger partial charge in [-0.3, -0.25) is 9.36 Å². The van der Waals surface area contributed by atoms with E-state index in [0.717, 1.165) is 16.7 Å². The van der Waals surface area contributed by atoms with Crippen LogP contribution in [0, 0.1) is 13.8 Å². The van der Waals surface area contributed by atoms with Crippen molar-refractivity contribution in [2.75, 3.05) is 13.2 Å². The summed E-state index contributed by atoms with van der Waals surface area (Å²) in [4.78, 5) is 12.7. The number of aryl methyl sites for hydroxylation is 2. The van der Waals surface area contributed by atoms with E-state index in [2.05, 4.69) is 0 Å². The summed E-state index contributed by atoms with van der Waals surface area (Å²) in [6.45, 7) is 7.00. The van der Waals surface area contributed by atoms with Crippen LogP contribution in [0.25, 0.3) is 0 Å². The summed E-state index contributed by atoms with van der Waals surface area (Å²) in [5, 5.41) is -2.60. The monoisotopic (exact) mass is 328 g/mol. The molecule has 0 amide bonds. The normalized spacial score (nSPS) is 21.8. The molecule has 2 rings (SSSR count). The molecule has 1 unspecified atom stereocenters. The van der Waals surface area contributed by atoms with Crippen molar-refractivity contribution in [1.29, 1.82) is 0 Å². The van der Waals surface area contributed by atoms with E-state index < -0.39 is 18.8 Å². The summed E-state index contributed by atoms with van der Waals surface area (Å²) >= 11 is 0. The molecule has 0 bridgehead atoms. The minimum atomic E-state index is -4.16. The van der Waals surface area contributed by atoms with Crippen molar-refractivity contribution in [3.05, 3.63) is 34.4 Å². The largest absolute Gasteiger partial charge is 0.375 e. The maximum atomic E-state index is 15.5. The van der Waals surface area contributed by atoms with Crippen LogP contribution in [0.4, 0.5) is 4.39 Å². The van der Waals surface area contributed by atoms with E-state index in [1.54, 1.807) is 19.9 Å². The molecular weight excluding hydrogens is 306 g/mol. The lowest BCUT2D eigenvalue weighted by atomic mass is 9.85. The van der Waals surface area contributed by atoms with Crippen LogP contribution in [0.15, 0.2) is 12.1 Å². The van der Waals surface area contributed by atoms with Gasteiger partial charge in [0.2, 0.25) is 5.78 Å². The number of fused-ring (bicyclic) bond motifs is 1. The number of alkyl halides is 1. The number of rotatable bonds is 5. The number of carbonyl (C=O) groups excluding carboxylic acids is 1. The molecule has 0 fully saturated rings. The van der Waals surface area contributed by atoms with Crippen LogP contribution < -0.4 is 0 Å². The third-order valence-corrected chi connectivity index (χ3v) is 6.44. The van der Waals surface area contributed by atoms with Crippen LogP contribution in [0.5, 0.6) is 0 Å². The van der Waals surface area contributed by atoms with Crippen LogP contribution in [-0.2, 0) is 20.0 Å². The van der Waals surface area contributed by atoms with Gasteiger partial charge in [0.05, 0.1) is 13.2 Å².